The molecule has 1 aromatic carbocycles. The van der Waals surface area contributed by atoms with Gasteiger partial charge in [-0.2, -0.15) is 0 Å². The summed E-state index contributed by atoms with van der Waals surface area (Å²) in [5, 5.41) is 7.95. The molecule has 0 aliphatic rings. The van der Waals surface area contributed by atoms with Crippen LogP contribution in [0.25, 0.3) is 11.0 Å². The second-order valence-corrected chi connectivity index (χ2v) is 4.36. The molecule has 18 heavy (non-hydrogen) atoms. The predicted octanol–water partition coefficient (Wildman–Crippen LogP) is 1.10. The lowest BCUT2D eigenvalue weighted by Crippen LogP contribution is -2.09. The highest BCUT2D eigenvalue weighted by molar-refractivity contribution is 5.81. The number of hydrogen-bond donors (Lipinski definition) is 1. The summed E-state index contributed by atoms with van der Waals surface area (Å²) in [6, 6.07) is 6.00. The molecule has 3 aromatic rings. The van der Waals surface area contributed by atoms with Crippen LogP contribution in [0.4, 0.5) is 5.95 Å². The zero-order valence-corrected chi connectivity index (χ0v) is 10.3. The summed E-state index contributed by atoms with van der Waals surface area (Å²) in [5.74, 6) is 1.35. The highest BCUT2D eigenvalue weighted by atomic mass is 15.3. The van der Waals surface area contributed by atoms with Crippen molar-refractivity contribution in [2.45, 2.75) is 13.5 Å². The minimum Gasteiger partial charge on any atom is -0.369 e. The van der Waals surface area contributed by atoms with Crippen LogP contribution in [0.1, 0.15) is 11.4 Å². The van der Waals surface area contributed by atoms with Gasteiger partial charge in [0.05, 0.1) is 17.6 Å². The van der Waals surface area contributed by atoms with Crippen molar-refractivity contribution in [2.75, 3.05) is 5.73 Å². The lowest BCUT2D eigenvalue weighted by molar-refractivity contribution is 0.717. The first-order valence-electron chi connectivity index (χ1n) is 5.71. The Morgan fingerprint density at radius 1 is 1.33 bits per heavy atom. The van der Waals surface area contributed by atoms with E-state index in [1.165, 1.54) is 0 Å². The van der Waals surface area contributed by atoms with E-state index in [0.29, 0.717) is 12.5 Å². The minimum absolute atomic E-state index is 0.502. The Balaban J connectivity index is 2.17. The van der Waals surface area contributed by atoms with E-state index in [2.05, 4.69) is 28.2 Å². The Kier molecular flexibility index (Phi) is 2.29. The highest BCUT2D eigenvalue weighted by Crippen LogP contribution is 2.21. The number of fused-ring (bicyclic) bond motifs is 1. The number of para-hydroxylation sites is 1. The zero-order valence-electron chi connectivity index (χ0n) is 10.3. The van der Waals surface area contributed by atoms with E-state index < -0.39 is 0 Å². The number of rotatable bonds is 2. The van der Waals surface area contributed by atoms with Crippen LogP contribution >= 0.6 is 0 Å². The van der Waals surface area contributed by atoms with Gasteiger partial charge in [-0.05, 0) is 18.6 Å². The Bertz CT molecular complexity index is 709. The molecular weight excluding hydrogens is 228 g/mol. The molecule has 0 aliphatic carbocycles. The average Bonchev–Trinajstić information content (AvgIpc) is 2.86. The van der Waals surface area contributed by atoms with Gasteiger partial charge in [-0.25, -0.2) is 4.98 Å². The molecule has 0 atom stereocenters. The number of nitrogen functional groups attached to an aromatic ring is 1. The van der Waals surface area contributed by atoms with Crippen LogP contribution in [-0.4, -0.2) is 24.3 Å². The van der Waals surface area contributed by atoms with Crippen molar-refractivity contribution in [1.82, 2.24) is 24.3 Å². The molecule has 2 aromatic heterocycles. The Morgan fingerprint density at radius 3 is 2.89 bits per heavy atom. The van der Waals surface area contributed by atoms with Crippen LogP contribution in [0, 0.1) is 6.92 Å². The summed E-state index contributed by atoms with van der Waals surface area (Å²) in [7, 11) is 1.91. The van der Waals surface area contributed by atoms with Crippen molar-refractivity contribution in [2.24, 2.45) is 7.05 Å². The molecule has 6 heteroatoms. The molecular formula is C12H14N6. The van der Waals surface area contributed by atoms with E-state index in [-0.39, 0.29) is 0 Å². The lowest BCUT2D eigenvalue weighted by Gasteiger charge is -2.07. The maximum absolute atomic E-state index is 5.98. The average molecular weight is 242 g/mol. The van der Waals surface area contributed by atoms with Gasteiger partial charge in [-0.15, -0.1) is 10.2 Å². The Labute approximate surface area is 104 Å². The largest absolute Gasteiger partial charge is 0.369 e. The second-order valence-electron chi connectivity index (χ2n) is 4.36. The van der Waals surface area contributed by atoms with E-state index in [1.54, 1.807) is 6.33 Å². The SMILES string of the molecule is Cc1cccc2nc(N)n(Cc3nncn3C)c12. The predicted molar refractivity (Wildman–Crippen MR) is 69.0 cm³/mol. The van der Waals surface area contributed by atoms with Crippen LogP contribution in [0.5, 0.6) is 0 Å². The van der Waals surface area contributed by atoms with Crippen molar-refractivity contribution in [3.63, 3.8) is 0 Å². The van der Waals surface area contributed by atoms with Crippen LogP contribution in [-0.2, 0) is 13.6 Å². The molecule has 0 amide bonds. The van der Waals surface area contributed by atoms with Gasteiger partial charge in [0.1, 0.15) is 6.33 Å². The van der Waals surface area contributed by atoms with Gasteiger partial charge in [-0.1, -0.05) is 12.1 Å². The van der Waals surface area contributed by atoms with E-state index in [9.17, 15) is 0 Å². The number of aryl methyl sites for hydroxylation is 2. The molecule has 0 saturated heterocycles. The van der Waals surface area contributed by atoms with E-state index in [0.717, 1.165) is 22.4 Å². The maximum atomic E-state index is 5.98. The molecule has 2 heterocycles. The number of nitrogens with zero attached hydrogens (tertiary/aromatic N) is 5. The lowest BCUT2D eigenvalue weighted by atomic mass is 10.2. The molecule has 3 rings (SSSR count). The highest BCUT2D eigenvalue weighted by Gasteiger charge is 2.12. The number of benzene rings is 1. The molecule has 0 aliphatic heterocycles. The monoisotopic (exact) mass is 242 g/mol. The van der Waals surface area contributed by atoms with Gasteiger partial charge >= 0.3 is 0 Å². The van der Waals surface area contributed by atoms with Crippen molar-refractivity contribution in [3.05, 3.63) is 35.9 Å². The van der Waals surface area contributed by atoms with E-state index >= 15 is 0 Å². The number of anilines is 1. The third-order valence-electron chi connectivity index (χ3n) is 3.10. The molecule has 6 nitrogen and oxygen atoms in total. The fourth-order valence-electron chi connectivity index (χ4n) is 2.13. The minimum atomic E-state index is 0.502. The fraction of sp³-hybridized carbons (Fsp3) is 0.250. The van der Waals surface area contributed by atoms with Gasteiger partial charge in [0.2, 0.25) is 5.95 Å². The summed E-state index contributed by atoms with van der Waals surface area (Å²) < 4.78 is 3.85. The third-order valence-corrected chi connectivity index (χ3v) is 3.10. The summed E-state index contributed by atoms with van der Waals surface area (Å²) in [6.07, 6.45) is 1.68. The number of hydrogen-bond acceptors (Lipinski definition) is 4. The molecule has 0 fully saturated rings. The molecule has 2 N–H and O–H groups in total. The molecule has 0 spiro atoms. The van der Waals surface area contributed by atoms with Crippen LogP contribution in [0.15, 0.2) is 24.5 Å². The summed E-state index contributed by atoms with van der Waals surface area (Å²) in [5.41, 5.74) is 9.10. The topological polar surface area (TPSA) is 74.6 Å². The van der Waals surface area contributed by atoms with Crippen molar-refractivity contribution < 1.29 is 0 Å². The number of imidazole rings is 1. The molecule has 92 valence electrons. The van der Waals surface area contributed by atoms with Crippen LogP contribution in [0.2, 0.25) is 0 Å². The van der Waals surface area contributed by atoms with Gasteiger partial charge < -0.3 is 14.9 Å². The van der Waals surface area contributed by atoms with Crippen LogP contribution in [0.3, 0.4) is 0 Å². The fourth-order valence-corrected chi connectivity index (χ4v) is 2.13. The summed E-state index contributed by atoms with van der Waals surface area (Å²) >= 11 is 0. The molecule has 0 radical (unpaired) electrons. The zero-order chi connectivity index (χ0) is 12.7. The molecule has 0 unspecified atom stereocenters. The van der Waals surface area contributed by atoms with Crippen molar-refractivity contribution >= 4 is 17.0 Å². The number of aromatic nitrogens is 5. The summed E-state index contributed by atoms with van der Waals surface area (Å²) in [4.78, 5) is 4.37. The van der Waals surface area contributed by atoms with Crippen molar-refractivity contribution in [3.8, 4) is 0 Å². The standard InChI is InChI=1S/C12H14N6/c1-8-4-3-5-9-11(8)18(12(13)15-9)6-10-16-14-7-17(10)2/h3-5,7H,6H2,1-2H3,(H2,13,15). The van der Waals surface area contributed by atoms with Gasteiger partial charge in [-0.3, -0.25) is 0 Å². The Hall–Kier alpha value is -2.37. The Morgan fingerprint density at radius 2 is 2.17 bits per heavy atom. The second kappa shape index (κ2) is 3.83. The van der Waals surface area contributed by atoms with Crippen LogP contribution < -0.4 is 5.73 Å². The first kappa shape index (κ1) is 10.8. The quantitative estimate of drug-likeness (QED) is 0.730. The van der Waals surface area contributed by atoms with E-state index in [4.69, 9.17) is 5.73 Å². The maximum Gasteiger partial charge on any atom is 0.201 e. The van der Waals surface area contributed by atoms with Gasteiger partial charge in [0.25, 0.3) is 0 Å². The summed E-state index contributed by atoms with van der Waals surface area (Å²) in [6.45, 7) is 2.63. The third kappa shape index (κ3) is 1.54. The molecule has 0 saturated carbocycles. The van der Waals surface area contributed by atoms with Gasteiger partial charge in [0.15, 0.2) is 5.82 Å². The first-order valence-corrected chi connectivity index (χ1v) is 5.71. The first-order chi connectivity index (χ1) is 8.66. The number of nitrogens with two attached hydrogens (primary N) is 1. The van der Waals surface area contributed by atoms with E-state index in [1.807, 2.05) is 28.3 Å². The molecule has 0 bridgehead atoms. The van der Waals surface area contributed by atoms with Gasteiger partial charge in [0, 0.05) is 7.05 Å². The smallest absolute Gasteiger partial charge is 0.201 e. The normalized spacial score (nSPS) is 11.2. The van der Waals surface area contributed by atoms with Crippen molar-refractivity contribution in [1.29, 1.82) is 0 Å².